The van der Waals surface area contributed by atoms with Crippen LogP contribution >= 0.6 is 0 Å². The summed E-state index contributed by atoms with van der Waals surface area (Å²) < 4.78 is 13.8. The number of aromatic amines is 1. The Morgan fingerprint density at radius 3 is 3.14 bits per heavy atom. The van der Waals surface area contributed by atoms with E-state index in [0.717, 1.165) is 48.3 Å². The largest absolute Gasteiger partial charge is 0.357 e. The topological polar surface area (TPSA) is 60.5 Å². The Kier molecular flexibility index (Phi) is 2.11. The highest BCUT2D eigenvalue weighted by Gasteiger charge is 2.48. The summed E-state index contributed by atoms with van der Waals surface area (Å²) >= 11 is 0. The maximum atomic E-state index is 13.8. The van der Waals surface area contributed by atoms with E-state index >= 15 is 0 Å². The standard InChI is InChI=1S/C16H15FN4O/c1-16-3-2-4-21(16)7-11-13-12-9(15(22)20-19-14(13)16)5-8(17)6-10(12)18-11/h5-6,18H,2-4,7H2,1H3,(H,20,22). The first-order valence-corrected chi connectivity index (χ1v) is 7.56. The summed E-state index contributed by atoms with van der Waals surface area (Å²) in [6.07, 6.45) is 2.14. The maximum Gasteiger partial charge on any atom is 0.272 e. The van der Waals surface area contributed by atoms with Crippen LogP contribution in [-0.4, -0.2) is 33.6 Å². The molecule has 0 radical (unpaired) electrons. The van der Waals surface area contributed by atoms with Crippen molar-refractivity contribution >= 4 is 22.5 Å². The van der Waals surface area contributed by atoms with Crippen molar-refractivity contribution in [3.63, 3.8) is 0 Å². The second kappa shape index (κ2) is 3.76. The zero-order valence-electron chi connectivity index (χ0n) is 12.2. The lowest BCUT2D eigenvalue weighted by Gasteiger charge is -2.40. The molecule has 4 heterocycles. The minimum atomic E-state index is -0.411. The molecule has 1 fully saturated rings. The van der Waals surface area contributed by atoms with Crippen LogP contribution in [0, 0.1) is 5.82 Å². The lowest BCUT2D eigenvalue weighted by molar-refractivity contribution is 0.0956. The molecular weight excluding hydrogens is 283 g/mol. The van der Waals surface area contributed by atoms with E-state index < -0.39 is 5.82 Å². The van der Waals surface area contributed by atoms with Gasteiger partial charge in [-0.1, -0.05) is 0 Å². The molecule has 3 aliphatic heterocycles. The number of H-pyrrole nitrogens is 1. The minimum absolute atomic E-state index is 0.161. The van der Waals surface area contributed by atoms with Crippen LogP contribution < -0.4 is 5.43 Å². The van der Waals surface area contributed by atoms with E-state index in [2.05, 4.69) is 27.3 Å². The molecule has 1 amide bonds. The molecule has 0 bridgehead atoms. The summed E-state index contributed by atoms with van der Waals surface area (Å²) in [5, 5.41) is 5.23. The first kappa shape index (κ1) is 12.3. The molecule has 3 aliphatic rings. The molecule has 2 aromatic rings. The number of rotatable bonds is 0. The molecule has 1 aromatic carbocycles. The molecule has 1 unspecified atom stereocenters. The number of hydrogen-bond donors (Lipinski definition) is 2. The monoisotopic (exact) mass is 298 g/mol. The van der Waals surface area contributed by atoms with Gasteiger partial charge in [0.05, 0.1) is 22.3 Å². The zero-order chi connectivity index (χ0) is 15.1. The van der Waals surface area contributed by atoms with E-state index in [1.165, 1.54) is 12.1 Å². The van der Waals surface area contributed by atoms with Crippen molar-refractivity contribution < 1.29 is 9.18 Å². The fourth-order valence-corrected chi connectivity index (χ4v) is 4.25. The third-order valence-corrected chi connectivity index (χ3v) is 5.34. The van der Waals surface area contributed by atoms with Crippen molar-refractivity contribution in [3.8, 4) is 0 Å². The summed E-state index contributed by atoms with van der Waals surface area (Å²) in [5.41, 5.74) is 6.40. The van der Waals surface area contributed by atoms with E-state index in [4.69, 9.17) is 0 Å². The number of carbonyl (C=O) groups excluding carboxylic acids is 1. The highest BCUT2D eigenvalue weighted by Crippen LogP contribution is 2.43. The van der Waals surface area contributed by atoms with Crippen LogP contribution in [0.15, 0.2) is 17.2 Å². The van der Waals surface area contributed by atoms with Gasteiger partial charge in [0.15, 0.2) is 0 Å². The summed E-state index contributed by atoms with van der Waals surface area (Å²) in [6, 6.07) is 2.76. The highest BCUT2D eigenvalue weighted by atomic mass is 19.1. The van der Waals surface area contributed by atoms with Crippen molar-refractivity contribution in [1.82, 2.24) is 15.3 Å². The predicted molar refractivity (Wildman–Crippen MR) is 80.3 cm³/mol. The number of nitrogens with one attached hydrogen (secondary N) is 2. The van der Waals surface area contributed by atoms with Gasteiger partial charge < -0.3 is 4.98 Å². The average Bonchev–Trinajstić information content (AvgIpc) is 2.97. The van der Waals surface area contributed by atoms with Crippen molar-refractivity contribution in [1.29, 1.82) is 0 Å². The first-order valence-electron chi connectivity index (χ1n) is 7.56. The van der Waals surface area contributed by atoms with Crippen molar-refractivity contribution in [3.05, 3.63) is 34.8 Å². The minimum Gasteiger partial charge on any atom is -0.357 e. The predicted octanol–water partition coefficient (Wildman–Crippen LogP) is 2.12. The second-order valence-electron chi connectivity index (χ2n) is 6.55. The van der Waals surface area contributed by atoms with Gasteiger partial charge in [-0.2, -0.15) is 5.10 Å². The Bertz CT molecular complexity index is 884. The number of benzene rings is 1. The molecule has 6 heteroatoms. The molecular formula is C16H15FN4O. The van der Waals surface area contributed by atoms with Gasteiger partial charge >= 0.3 is 0 Å². The molecule has 1 aromatic heterocycles. The molecule has 2 N–H and O–H groups in total. The summed E-state index contributed by atoms with van der Waals surface area (Å²) in [6.45, 7) is 3.98. The average molecular weight is 298 g/mol. The Morgan fingerprint density at radius 2 is 2.27 bits per heavy atom. The van der Waals surface area contributed by atoms with Crippen LogP contribution in [0.4, 0.5) is 4.39 Å². The maximum absolute atomic E-state index is 13.8. The Hall–Kier alpha value is -2.21. The Labute approximate surface area is 126 Å². The van der Waals surface area contributed by atoms with Gasteiger partial charge in [0, 0.05) is 23.2 Å². The third kappa shape index (κ3) is 1.31. The van der Waals surface area contributed by atoms with Crippen LogP contribution in [0.3, 0.4) is 0 Å². The van der Waals surface area contributed by atoms with E-state index in [9.17, 15) is 9.18 Å². The van der Waals surface area contributed by atoms with Crippen LogP contribution in [0.25, 0.3) is 10.9 Å². The zero-order valence-corrected chi connectivity index (χ0v) is 12.2. The molecule has 112 valence electrons. The number of aromatic nitrogens is 1. The van der Waals surface area contributed by atoms with E-state index in [1.807, 2.05) is 0 Å². The number of hydrazone groups is 1. The molecule has 22 heavy (non-hydrogen) atoms. The van der Waals surface area contributed by atoms with Gasteiger partial charge in [-0.15, -0.1) is 0 Å². The number of nitrogens with zero attached hydrogens (tertiary/aromatic N) is 2. The van der Waals surface area contributed by atoms with Crippen LogP contribution in [0.5, 0.6) is 0 Å². The number of carbonyl (C=O) groups is 1. The number of amides is 1. The molecule has 1 atom stereocenters. The molecule has 5 nitrogen and oxygen atoms in total. The smallest absolute Gasteiger partial charge is 0.272 e. The summed E-state index contributed by atoms with van der Waals surface area (Å²) in [7, 11) is 0. The van der Waals surface area contributed by atoms with Gasteiger partial charge in [-0.3, -0.25) is 9.69 Å². The van der Waals surface area contributed by atoms with E-state index in [0.29, 0.717) is 11.1 Å². The molecule has 0 spiro atoms. The molecule has 0 saturated carbocycles. The second-order valence-corrected chi connectivity index (χ2v) is 6.55. The highest BCUT2D eigenvalue weighted by molar-refractivity contribution is 6.23. The Morgan fingerprint density at radius 1 is 1.41 bits per heavy atom. The van der Waals surface area contributed by atoms with Crippen LogP contribution in [-0.2, 0) is 6.54 Å². The van der Waals surface area contributed by atoms with E-state index in [-0.39, 0.29) is 11.4 Å². The lowest BCUT2D eigenvalue weighted by Crippen LogP contribution is -2.51. The number of hydrogen-bond acceptors (Lipinski definition) is 3. The summed E-state index contributed by atoms with van der Waals surface area (Å²) in [5.74, 6) is -0.757. The van der Waals surface area contributed by atoms with Gasteiger partial charge in [0.25, 0.3) is 5.91 Å². The van der Waals surface area contributed by atoms with E-state index in [1.54, 1.807) is 0 Å². The van der Waals surface area contributed by atoms with Gasteiger partial charge in [-0.05, 0) is 38.4 Å². The van der Waals surface area contributed by atoms with Crippen LogP contribution in [0.2, 0.25) is 0 Å². The SMILES string of the molecule is CC12CCCN1Cc1[nH]c3cc(F)cc4c3c1C2=NNC4=O. The molecule has 0 aliphatic carbocycles. The first-order chi connectivity index (χ1) is 10.6. The quantitative estimate of drug-likeness (QED) is 0.782. The fraction of sp³-hybridized carbons (Fsp3) is 0.375. The lowest BCUT2D eigenvalue weighted by atomic mass is 9.83. The van der Waals surface area contributed by atoms with Gasteiger partial charge in [-0.25, -0.2) is 9.82 Å². The normalized spacial score (nSPS) is 26.6. The van der Waals surface area contributed by atoms with Crippen LogP contribution in [0.1, 0.15) is 41.4 Å². The molecule has 5 rings (SSSR count). The van der Waals surface area contributed by atoms with Gasteiger partial charge in [0.1, 0.15) is 5.82 Å². The van der Waals surface area contributed by atoms with Crippen molar-refractivity contribution in [2.45, 2.75) is 31.8 Å². The number of halogens is 1. The summed E-state index contributed by atoms with van der Waals surface area (Å²) in [4.78, 5) is 18.0. The van der Waals surface area contributed by atoms with Gasteiger partial charge in [0.2, 0.25) is 0 Å². The fourth-order valence-electron chi connectivity index (χ4n) is 4.25. The number of fused-ring (bicyclic) bond motifs is 2. The van der Waals surface area contributed by atoms with Crippen molar-refractivity contribution in [2.75, 3.05) is 6.54 Å². The Balaban J connectivity index is 1.92. The third-order valence-electron chi connectivity index (χ3n) is 5.34. The molecule has 1 saturated heterocycles. The van der Waals surface area contributed by atoms with Crippen molar-refractivity contribution in [2.24, 2.45) is 5.10 Å².